The molecule has 0 aliphatic carbocycles. The standard InChI is InChI=1S/C17H21N5O/c1-5-7-13-15-16(22(4)20-13)17(21(2)3)19-14(18-15)10-9-12-8-6-11-23-12/h6,8-11H,5,7H2,1-4H3/b10-9+. The molecule has 3 aromatic rings. The van der Waals surface area contributed by atoms with Gasteiger partial charge in [-0.05, 0) is 30.7 Å². The van der Waals surface area contributed by atoms with Crippen LogP contribution in [-0.2, 0) is 13.5 Å². The Morgan fingerprint density at radius 1 is 1.26 bits per heavy atom. The van der Waals surface area contributed by atoms with Crippen molar-refractivity contribution in [2.45, 2.75) is 19.8 Å². The number of rotatable bonds is 5. The van der Waals surface area contributed by atoms with Crippen molar-refractivity contribution in [1.29, 1.82) is 0 Å². The minimum atomic E-state index is 0.656. The molecule has 0 saturated carbocycles. The van der Waals surface area contributed by atoms with E-state index in [4.69, 9.17) is 9.40 Å². The first-order valence-electron chi connectivity index (χ1n) is 7.72. The van der Waals surface area contributed by atoms with Gasteiger partial charge in [0.15, 0.2) is 11.6 Å². The lowest BCUT2D eigenvalue weighted by Crippen LogP contribution is -2.13. The summed E-state index contributed by atoms with van der Waals surface area (Å²) in [6, 6.07) is 3.75. The van der Waals surface area contributed by atoms with Gasteiger partial charge in [0.05, 0.1) is 12.0 Å². The molecule has 0 aromatic carbocycles. The zero-order valence-corrected chi connectivity index (χ0v) is 13.9. The maximum Gasteiger partial charge on any atom is 0.158 e. The summed E-state index contributed by atoms with van der Waals surface area (Å²) in [6.07, 6.45) is 7.33. The molecule has 0 radical (unpaired) electrons. The normalized spacial score (nSPS) is 11.7. The van der Waals surface area contributed by atoms with Gasteiger partial charge in [-0.1, -0.05) is 13.3 Å². The van der Waals surface area contributed by atoms with Crippen LogP contribution in [0.3, 0.4) is 0 Å². The van der Waals surface area contributed by atoms with Gasteiger partial charge >= 0.3 is 0 Å². The van der Waals surface area contributed by atoms with Gasteiger partial charge < -0.3 is 9.32 Å². The molecule has 0 atom stereocenters. The highest BCUT2D eigenvalue weighted by atomic mass is 16.3. The van der Waals surface area contributed by atoms with E-state index >= 15 is 0 Å². The van der Waals surface area contributed by atoms with E-state index in [0.29, 0.717) is 5.82 Å². The fourth-order valence-electron chi connectivity index (χ4n) is 2.57. The fraction of sp³-hybridized carbons (Fsp3) is 0.353. The van der Waals surface area contributed by atoms with E-state index in [1.165, 1.54) is 0 Å². The highest BCUT2D eigenvalue weighted by Crippen LogP contribution is 2.26. The van der Waals surface area contributed by atoms with Crippen LogP contribution in [0.25, 0.3) is 23.2 Å². The van der Waals surface area contributed by atoms with Crippen LogP contribution in [-0.4, -0.2) is 33.8 Å². The number of hydrogen-bond donors (Lipinski definition) is 0. The van der Waals surface area contributed by atoms with E-state index in [1.54, 1.807) is 6.26 Å². The van der Waals surface area contributed by atoms with E-state index in [2.05, 4.69) is 17.0 Å². The molecular formula is C17H21N5O. The van der Waals surface area contributed by atoms with Crippen molar-refractivity contribution in [2.24, 2.45) is 7.05 Å². The highest BCUT2D eigenvalue weighted by molar-refractivity contribution is 5.89. The Kier molecular flexibility index (Phi) is 4.14. The van der Waals surface area contributed by atoms with Crippen molar-refractivity contribution in [1.82, 2.24) is 19.7 Å². The van der Waals surface area contributed by atoms with Crippen LogP contribution in [0.4, 0.5) is 5.82 Å². The molecule has 0 aliphatic heterocycles. The molecule has 0 bridgehead atoms. The fourth-order valence-corrected chi connectivity index (χ4v) is 2.57. The van der Waals surface area contributed by atoms with Gasteiger partial charge in [0.2, 0.25) is 0 Å². The van der Waals surface area contributed by atoms with E-state index in [9.17, 15) is 0 Å². The topological polar surface area (TPSA) is 60.0 Å². The molecule has 3 heterocycles. The minimum absolute atomic E-state index is 0.656. The molecule has 120 valence electrons. The van der Waals surface area contributed by atoms with Gasteiger partial charge in [-0.3, -0.25) is 4.68 Å². The van der Waals surface area contributed by atoms with Crippen molar-refractivity contribution in [3.05, 3.63) is 35.7 Å². The number of furan rings is 1. The van der Waals surface area contributed by atoms with Crippen LogP contribution >= 0.6 is 0 Å². The predicted molar refractivity (Wildman–Crippen MR) is 92.3 cm³/mol. The SMILES string of the molecule is CCCc1nn(C)c2c(N(C)C)nc(/C=C/c3ccco3)nc12. The first-order valence-corrected chi connectivity index (χ1v) is 7.72. The molecule has 0 unspecified atom stereocenters. The highest BCUT2D eigenvalue weighted by Gasteiger charge is 2.17. The monoisotopic (exact) mass is 311 g/mol. The number of hydrogen-bond acceptors (Lipinski definition) is 5. The van der Waals surface area contributed by atoms with E-state index < -0.39 is 0 Å². The van der Waals surface area contributed by atoms with Crippen LogP contribution in [0.5, 0.6) is 0 Å². The van der Waals surface area contributed by atoms with Crippen LogP contribution in [0, 0.1) is 0 Å². The van der Waals surface area contributed by atoms with Crippen molar-refractivity contribution in [3.63, 3.8) is 0 Å². The molecule has 0 saturated heterocycles. The molecule has 6 nitrogen and oxygen atoms in total. The Balaban J connectivity index is 2.14. The molecule has 0 amide bonds. The van der Waals surface area contributed by atoms with Crippen molar-refractivity contribution >= 4 is 29.0 Å². The summed E-state index contributed by atoms with van der Waals surface area (Å²) in [5.41, 5.74) is 2.91. The van der Waals surface area contributed by atoms with E-state index in [1.807, 2.05) is 55.0 Å². The summed E-state index contributed by atoms with van der Waals surface area (Å²) in [6.45, 7) is 2.15. The second-order valence-corrected chi connectivity index (χ2v) is 5.67. The second-order valence-electron chi connectivity index (χ2n) is 5.67. The number of nitrogens with zero attached hydrogens (tertiary/aromatic N) is 5. The summed E-state index contributed by atoms with van der Waals surface area (Å²) in [7, 11) is 5.90. The largest absolute Gasteiger partial charge is 0.465 e. The zero-order valence-electron chi connectivity index (χ0n) is 13.9. The maximum atomic E-state index is 5.32. The average Bonchev–Trinajstić information content (AvgIpc) is 3.14. The Morgan fingerprint density at radius 2 is 2.09 bits per heavy atom. The lowest BCUT2D eigenvalue weighted by atomic mass is 10.2. The number of anilines is 1. The third-order valence-corrected chi connectivity index (χ3v) is 3.60. The molecule has 0 N–H and O–H groups in total. The first-order chi connectivity index (χ1) is 11.1. The summed E-state index contributed by atoms with van der Waals surface area (Å²) in [5, 5.41) is 4.62. The van der Waals surface area contributed by atoms with Crippen LogP contribution in [0.1, 0.15) is 30.6 Å². The third-order valence-electron chi connectivity index (χ3n) is 3.60. The van der Waals surface area contributed by atoms with Gasteiger partial charge in [-0.2, -0.15) is 5.10 Å². The number of aromatic nitrogens is 4. The minimum Gasteiger partial charge on any atom is -0.465 e. The Hall–Kier alpha value is -2.63. The van der Waals surface area contributed by atoms with Crippen molar-refractivity contribution < 1.29 is 4.42 Å². The van der Waals surface area contributed by atoms with Gasteiger partial charge in [0, 0.05) is 21.1 Å². The lowest BCUT2D eigenvalue weighted by molar-refractivity contribution is 0.557. The Labute approximate surface area is 135 Å². The quantitative estimate of drug-likeness (QED) is 0.724. The van der Waals surface area contributed by atoms with Crippen molar-refractivity contribution in [2.75, 3.05) is 19.0 Å². The second kappa shape index (κ2) is 6.24. The molecule has 0 spiro atoms. The van der Waals surface area contributed by atoms with E-state index in [-0.39, 0.29) is 0 Å². The molecule has 3 aromatic heterocycles. The van der Waals surface area contributed by atoms with Crippen LogP contribution < -0.4 is 4.90 Å². The van der Waals surface area contributed by atoms with Crippen molar-refractivity contribution in [3.8, 4) is 0 Å². The van der Waals surface area contributed by atoms with Crippen LogP contribution in [0.2, 0.25) is 0 Å². The Bertz CT molecular complexity index is 830. The summed E-state index contributed by atoms with van der Waals surface area (Å²) in [4.78, 5) is 11.4. The molecule has 23 heavy (non-hydrogen) atoms. The summed E-state index contributed by atoms with van der Waals surface area (Å²) in [5.74, 6) is 2.30. The maximum absolute atomic E-state index is 5.32. The molecular weight excluding hydrogens is 290 g/mol. The molecule has 0 fully saturated rings. The lowest BCUT2D eigenvalue weighted by Gasteiger charge is -2.13. The predicted octanol–water partition coefficient (Wildman–Crippen LogP) is 3.15. The average molecular weight is 311 g/mol. The van der Waals surface area contributed by atoms with Gasteiger partial charge in [-0.15, -0.1) is 0 Å². The van der Waals surface area contributed by atoms with Gasteiger partial charge in [0.1, 0.15) is 16.8 Å². The molecule has 0 aliphatic rings. The van der Waals surface area contributed by atoms with Gasteiger partial charge in [0.25, 0.3) is 0 Å². The van der Waals surface area contributed by atoms with Crippen LogP contribution in [0.15, 0.2) is 22.8 Å². The first kappa shape index (κ1) is 15.3. The summed E-state index contributed by atoms with van der Waals surface area (Å²) < 4.78 is 7.19. The van der Waals surface area contributed by atoms with Gasteiger partial charge in [-0.25, -0.2) is 9.97 Å². The smallest absolute Gasteiger partial charge is 0.158 e. The third kappa shape index (κ3) is 2.97. The summed E-state index contributed by atoms with van der Waals surface area (Å²) >= 11 is 0. The number of aryl methyl sites for hydroxylation is 2. The van der Waals surface area contributed by atoms with E-state index in [0.717, 1.165) is 41.1 Å². The molecule has 6 heteroatoms. The molecule has 3 rings (SSSR count). The Morgan fingerprint density at radius 3 is 2.74 bits per heavy atom. The zero-order chi connectivity index (χ0) is 16.4. The number of fused-ring (bicyclic) bond motifs is 1.